The van der Waals surface area contributed by atoms with Gasteiger partial charge in [-0.3, -0.25) is 8.80 Å². The molecule has 0 aliphatic carbocycles. The van der Waals surface area contributed by atoms with Crippen molar-refractivity contribution in [1.29, 1.82) is 0 Å². The lowest BCUT2D eigenvalue weighted by Gasteiger charge is -2.02. The largest absolute Gasteiger partial charge is 0.373 e. The molecule has 6 aromatic rings. The van der Waals surface area contributed by atoms with E-state index in [-0.39, 0.29) is 23.7 Å². The molecular formula is C32H27Cl5N6O6. The van der Waals surface area contributed by atoms with Crippen LogP contribution in [-0.2, 0) is 44.4 Å². The fourth-order valence-electron chi connectivity index (χ4n) is 3.97. The Labute approximate surface area is 303 Å². The molecule has 0 saturated carbocycles. The Morgan fingerprint density at radius 2 is 1.12 bits per heavy atom. The molecule has 1 N–H and O–H groups in total. The number of hydrogen-bond acceptors (Lipinski definition) is 8. The molecule has 17 heteroatoms. The number of halogens is 5. The summed E-state index contributed by atoms with van der Waals surface area (Å²) in [4.78, 5) is 55.9. The molecule has 0 saturated heterocycles. The van der Waals surface area contributed by atoms with Crippen LogP contribution >= 0.6 is 58.0 Å². The zero-order valence-electron chi connectivity index (χ0n) is 25.8. The van der Waals surface area contributed by atoms with Crippen molar-refractivity contribution >= 4 is 81.6 Å². The molecule has 6 rings (SSSR count). The number of rotatable bonds is 5. The predicted molar refractivity (Wildman–Crippen MR) is 186 cm³/mol. The third-order valence-electron chi connectivity index (χ3n) is 6.38. The molecule has 4 heterocycles. The third-order valence-corrected chi connectivity index (χ3v) is 8.17. The Bertz CT molecular complexity index is 2170. The highest BCUT2D eigenvalue weighted by Gasteiger charge is 2.09. The average Bonchev–Trinajstić information content (AvgIpc) is 3.62. The molecule has 0 atom stereocenters. The summed E-state index contributed by atoms with van der Waals surface area (Å²) in [6, 6.07) is 18.3. The second kappa shape index (κ2) is 20.8. The molecule has 49 heavy (non-hydrogen) atoms. The van der Waals surface area contributed by atoms with Gasteiger partial charge in [0.25, 0.3) is 0 Å². The van der Waals surface area contributed by atoms with Gasteiger partial charge in [0.2, 0.25) is 0 Å². The first kappa shape index (κ1) is 40.7. The highest BCUT2D eigenvalue weighted by atomic mass is 35.5. The molecule has 0 unspecified atom stereocenters. The summed E-state index contributed by atoms with van der Waals surface area (Å²) in [5, 5.41) is 12.6. The van der Waals surface area contributed by atoms with Crippen LogP contribution in [0, 0.1) is 0 Å². The highest BCUT2D eigenvalue weighted by Crippen LogP contribution is 2.23. The van der Waals surface area contributed by atoms with Gasteiger partial charge in [-0.1, -0.05) is 84.5 Å². The molecule has 0 amide bonds. The fourth-order valence-corrected chi connectivity index (χ4v) is 4.77. The first-order valence-corrected chi connectivity index (χ1v) is 16.1. The summed E-state index contributed by atoms with van der Waals surface area (Å²) in [6.45, 7) is 4.46. The van der Waals surface area contributed by atoms with E-state index in [9.17, 15) is 9.59 Å². The number of alkyl halides is 1. The van der Waals surface area contributed by atoms with E-state index in [0.29, 0.717) is 43.8 Å². The number of benzene rings is 2. The van der Waals surface area contributed by atoms with E-state index in [0.717, 1.165) is 35.1 Å². The molecule has 4 aromatic heterocycles. The second-order valence-electron chi connectivity index (χ2n) is 9.50. The van der Waals surface area contributed by atoms with Crippen molar-refractivity contribution in [1.82, 2.24) is 28.8 Å². The summed E-state index contributed by atoms with van der Waals surface area (Å²) < 4.78 is 4.50. The molecule has 0 bridgehead atoms. The number of aromatic nitrogens is 6. The van der Waals surface area contributed by atoms with Gasteiger partial charge in [-0.2, -0.15) is 24.3 Å². The zero-order valence-corrected chi connectivity index (χ0v) is 29.6. The Morgan fingerprint density at radius 3 is 1.63 bits per heavy atom. The monoisotopic (exact) mass is 766 g/mol. The SMILES string of the molecule is CCc1ccc2n[nH]c(=O)n2c1.CCc1ccc2nn(Cc3ccc(Cl)c(Cl)c3)c(=O)n2c1.ClCc1ccc(Cl)c(Cl)c1.O=C=O.O=C=O. The molecule has 0 aliphatic heterocycles. The van der Waals surface area contributed by atoms with Crippen LogP contribution in [0.25, 0.3) is 11.3 Å². The molecule has 0 fully saturated rings. The Hall–Kier alpha value is -4.51. The van der Waals surface area contributed by atoms with Crippen LogP contribution in [0.5, 0.6) is 0 Å². The van der Waals surface area contributed by atoms with Crippen molar-refractivity contribution in [2.75, 3.05) is 0 Å². The van der Waals surface area contributed by atoms with Gasteiger partial charge in [0, 0.05) is 18.3 Å². The van der Waals surface area contributed by atoms with Gasteiger partial charge >= 0.3 is 23.7 Å². The van der Waals surface area contributed by atoms with Crippen molar-refractivity contribution in [2.45, 2.75) is 39.1 Å². The minimum absolute atomic E-state index is 0.161. The van der Waals surface area contributed by atoms with Gasteiger partial charge in [-0.05, 0) is 71.5 Å². The molecular weight excluding hydrogens is 742 g/mol. The maximum Gasteiger partial charge on any atom is 0.373 e. The number of fused-ring (bicyclic) bond motifs is 2. The Morgan fingerprint density at radius 1 is 0.653 bits per heavy atom. The molecule has 12 nitrogen and oxygen atoms in total. The van der Waals surface area contributed by atoms with Crippen LogP contribution in [0.15, 0.2) is 82.6 Å². The molecule has 2 aromatic carbocycles. The third kappa shape index (κ3) is 12.2. The van der Waals surface area contributed by atoms with Crippen molar-refractivity contribution in [2.24, 2.45) is 0 Å². The lowest BCUT2D eigenvalue weighted by molar-refractivity contribution is -0.193. The summed E-state index contributed by atoms with van der Waals surface area (Å²) in [5.74, 6) is 0.469. The maximum atomic E-state index is 12.4. The summed E-state index contributed by atoms with van der Waals surface area (Å²) in [5.41, 5.74) is 5.05. The quantitative estimate of drug-likeness (QED) is 0.193. The van der Waals surface area contributed by atoms with Crippen LogP contribution in [-0.4, -0.2) is 41.1 Å². The zero-order chi connectivity index (χ0) is 36.5. The standard InChI is InChI=1S/C15H13Cl2N3O.C8H9N3O.C7H5Cl3.2CO2/c1-2-10-4-6-14-18-20(15(21)19(14)8-10)9-11-3-5-12(16)13(17)7-11;1-2-6-3-4-7-9-10-8(12)11(7)5-6;8-4-5-1-2-6(9)7(10)3-5;2*2-1-3/h3-8H,2,9H2,1H3;3-5H,2H2,1H3,(H,10,12);1-3H,4H2;;. The number of pyridine rings is 2. The minimum Gasteiger partial charge on any atom is -0.250 e. The van der Waals surface area contributed by atoms with Crippen molar-refractivity contribution < 1.29 is 19.2 Å². The number of nitrogens with zero attached hydrogens (tertiary/aromatic N) is 5. The number of hydrogen-bond donors (Lipinski definition) is 1. The minimum atomic E-state index is -0.180. The average molecular weight is 769 g/mol. The second-order valence-corrected chi connectivity index (χ2v) is 11.4. The molecule has 0 aliphatic rings. The smallest absolute Gasteiger partial charge is 0.250 e. The van der Waals surface area contributed by atoms with Gasteiger partial charge in [0.15, 0.2) is 11.3 Å². The van der Waals surface area contributed by atoms with E-state index < -0.39 is 0 Å². The first-order valence-electron chi connectivity index (χ1n) is 14.0. The van der Waals surface area contributed by atoms with Gasteiger partial charge in [0.1, 0.15) is 0 Å². The number of aryl methyl sites for hydroxylation is 2. The van der Waals surface area contributed by atoms with Crippen LogP contribution < -0.4 is 11.4 Å². The fraction of sp³-hybridized carbons (Fsp3) is 0.188. The van der Waals surface area contributed by atoms with Crippen molar-refractivity contribution in [3.63, 3.8) is 0 Å². The topological polar surface area (TPSA) is 158 Å². The van der Waals surface area contributed by atoms with E-state index in [1.165, 1.54) is 9.08 Å². The molecule has 0 spiro atoms. The van der Waals surface area contributed by atoms with Crippen LogP contribution in [0.4, 0.5) is 0 Å². The van der Waals surface area contributed by atoms with Gasteiger partial charge in [-0.15, -0.1) is 16.7 Å². The number of aromatic amines is 1. The maximum absolute atomic E-state index is 12.4. The number of H-pyrrole nitrogens is 1. The van der Waals surface area contributed by atoms with Crippen LogP contribution in [0.2, 0.25) is 20.1 Å². The van der Waals surface area contributed by atoms with Gasteiger partial charge in [-0.25, -0.2) is 19.4 Å². The lowest BCUT2D eigenvalue weighted by Crippen LogP contribution is -2.21. The highest BCUT2D eigenvalue weighted by molar-refractivity contribution is 6.42. The van der Waals surface area contributed by atoms with E-state index in [2.05, 4.69) is 15.3 Å². The summed E-state index contributed by atoms with van der Waals surface area (Å²) in [6.07, 6.45) is 5.94. The molecule has 256 valence electrons. The summed E-state index contributed by atoms with van der Waals surface area (Å²) in [7, 11) is 0. The predicted octanol–water partition coefficient (Wildman–Crippen LogP) is 6.56. The normalized spacial score (nSPS) is 9.78. The van der Waals surface area contributed by atoms with E-state index in [4.69, 9.17) is 77.2 Å². The number of nitrogens with one attached hydrogen (secondary N) is 1. The lowest BCUT2D eigenvalue weighted by atomic mass is 10.2. The Balaban J connectivity index is 0.000000253. The molecule has 0 radical (unpaired) electrons. The van der Waals surface area contributed by atoms with Gasteiger partial charge < -0.3 is 0 Å². The van der Waals surface area contributed by atoms with Crippen LogP contribution in [0.1, 0.15) is 36.1 Å². The van der Waals surface area contributed by atoms with E-state index in [1.807, 2.05) is 56.4 Å². The Kier molecular flexibility index (Phi) is 17.2. The first-order chi connectivity index (χ1) is 23.5. The van der Waals surface area contributed by atoms with Crippen molar-refractivity contribution in [3.8, 4) is 0 Å². The van der Waals surface area contributed by atoms with E-state index >= 15 is 0 Å². The summed E-state index contributed by atoms with van der Waals surface area (Å²) >= 11 is 28.8. The van der Waals surface area contributed by atoms with Crippen LogP contribution in [0.3, 0.4) is 0 Å². The van der Waals surface area contributed by atoms with Gasteiger partial charge in [0.05, 0.1) is 26.6 Å². The van der Waals surface area contributed by atoms with Crippen molar-refractivity contribution in [3.05, 3.63) is 136 Å². The number of carbonyl (C=O) groups excluding carboxylic acids is 4. The van der Waals surface area contributed by atoms with E-state index in [1.54, 1.807) is 34.9 Å².